The van der Waals surface area contributed by atoms with E-state index in [0.29, 0.717) is 5.56 Å². The van der Waals surface area contributed by atoms with E-state index in [9.17, 15) is 4.79 Å². The first-order valence-corrected chi connectivity index (χ1v) is 7.10. The molecule has 0 atom stereocenters. The molecule has 0 saturated carbocycles. The summed E-state index contributed by atoms with van der Waals surface area (Å²) in [5.41, 5.74) is 3.46. The molecule has 3 N–H and O–H groups in total. The first-order chi connectivity index (χ1) is 10.7. The average molecular weight is 290 g/mol. The van der Waals surface area contributed by atoms with E-state index in [2.05, 4.69) is 34.9 Å². The Morgan fingerprint density at radius 1 is 0.864 bits per heavy atom. The van der Waals surface area contributed by atoms with E-state index in [1.54, 1.807) is 12.1 Å². The van der Waals surface area contributed by atoms with E-state index < -0.39 is 5.97 Å². The SMILES string of the molecule is O=C(O)c1ccc(C2Nc3cccc4cccc(c34)N2)cc1. The normalized spacial score (nSPS) is 13.5. The molecule has 0 radical (unpaired) electrons. The van der Waals surface area contributed by atoms with Crippen LogP contribution in [0.1, 0.15) is 22.1 Å². The van der Waals surface area contributed by atoms with Gasteiger partial charge in [-0.1, -0.05) is 36.4 Å². The quantitative estimate of drug-likeness (QED) is 0.665. The lowest BCUT2D eigenvalue weighted by atomic mass is 10.0. The Kier molecular flexibility index (Phi) is 2.76. The van der Waals surface area contributed by atoms with Gasteiger partial charge in [-0.25, -0.2) is 4.79 Å². The molecule has 0 saturated heterocycles. The molecular formula is C18H14N2O2. The molecule has 22 heavy (non-hydrogen) atoms. The minimum absolute atomic E-state index is 0.0802. The Balaban J connectivity index is 1.73. The van der Waals surface area contributed by atoms with Crippen LogP contribution in [0.2, 0.25) is 0 Å². The van der Waals surface area contributed by atoms with Crippen LogP contribution in [0.15, 0.2) is 60.7 Å². The van der Waals surface area contributed by atoms with Crippen LogP contribution in [-0.4, -0.2) is 11.1 Å². The van der Waals surface area contributed by atoms with Crippen LogP contribution in [0.4, 0.5) is 11.4 Å². The molecule has 0 unspecified atom stereocenters. The maximum absolute atomic E-state index is 10.9. The summed E-state index contributed by atoms with van der Waals surface area (Å²) in [6.45, 7) is 0. The maximum Gasteiger partial charge on any atom is 0.335 e. The smallest absolute Gasteiger partial charge is 0.335 e. The van der Waals surface area contributed by atoms with Gasteiger partial charge in [0.25, 0.3) is 0 Å². The largest absolute Gasteiger partial charge is 0.478 e. The zero-order valence-corrected chi connectivity index (χ0v) is 11.7. The van der Waals surface area contributed by atoms with E-state index >= 15 is 0 Å². The lowest BCUT2D eigenvalue weighted by Crippen LogP contribution is -2.23. The molecule has 3 aromatic rings. The number of aromatic carboxylic acids is 1. The van der Waals surface area contributed by atoms with Crippen molar-refractivity contribution in [1.82, 2.24) is 0 Å². The topological polar surface area (TPSA) is 61.4 Å². The summed E-state index contributed by atoms with van der Waals surface area (Å²) in [6.07, 6.45) is -0.0802. The van der Waals surface area contributed by atoms with Crippen molar-refractivity contribution in [3.05, 3.63) is 71.8 Å². The van der Waals surface area contributed by atoms with Crippen molar-refractivity contribution in [1.29, 1.82) is 0 Å². The second-order valence-electron chi connectivity index (χ2n) is 5.36. The minimum atomic E-state index is -0.911. The van der Waals surface area contributed by atoms with E-state index in [1.165, 1.54) is 10.8 Å². The highest BCUT2D eigenvalue weighted by atomic mass is 16.4. The number of carboxylic acids is 1. The second-order valence-corrected chi connectivity index (χ2v) is 5.36. The Labute approximate surface area is 127 Å². The Hall–Kier alpha value is -3.01. The van der Waals surface area contributed by atoms with Crippen LogP contribution < -0.4 is 10.6 Å². The van der Waals surface area contributed by atoms with Crippen molar-refractivity contribution >= 4 is 28.1 Å². The Bertz CT molecular complexity index is 831. The zero-order valence-electron chi connectivity index (χ0n) is 11.7. The molecule has 0 spiro atoms. The third kappa shape index (κ3) is 1.97. The van der Waals surface area contributed by atoms with Gasteiger partial charge in [0.05, 0.1) is 5.56 Å². The molecule has 3 aromatic carbocycles. The van der Waals surface area contributed by atoms with E-state index in [1.807, 2.05) is 24.3 Å². The van der Waals surface area contributed by atoms with Crippen LogP contribution in [0, 0.1) is 0 Å². The van der Waals surface area contributed by atoms with Crippen LogP contribution in [0.25, 0.3) is 10.8 Å². The summed E-state index contributed by atoms with van der Waals surface area (Å²) in [5.74, 6) is -0.911. The summed E-state index contributed by atoms with van der Waals surface area (Å²) < 4.78 is 0. The fourth-order valence-corrected chi connectivity index (χ4v) is 2.91. The standard InChI is InChI=1S/C18H14N2O2/c21-18(22)13-9-7-12(8-10-13)17-19-14-5-1-3-11-4-2-6-15(20-17)16(11)14/h1-10,17,19-20H,(H,21,22). The fraction of sp³-hybridized carbons (Fsp3) is 0.0556. The molecule has 1 heterocycles. The molecule has 0 aliphatic carbocycles. The number of anilines is 2. The Morgan fingerprint density at radius 3 is 2.00 bits per heavy atom. The van der Waals surface area contributed by atoms with E-state index in [0.717, 1.165) is 16.9 Å². The molecular weight excluding hydrogens is 276 g/mol. The Morgan fingerprint density at radius 2 is 1.45 bits per heavy atom. The van der Waals surface area contributed by atoms with Gasteiger partial charge >= 0.3 is 5.97 Å². The van der Waals surface area contributed by atoms with Gasteiger partial charge in [-0.2, -0.15) is 0 Å². The molecule has 4 nitrogen and oxygen atoms in total. The number of benzene rings is 3. The fourth-order valence-electron chi connectivity index (χ4n) is 2.91. The number of rotatable bonds is 2. The zero-order chi connectivity index (χ0) is 15.1. The van der Waals surface area contributed by atoms with E-state index in [-0.39, 0.29) is 6.17 Å². The number of nitrogens with one attached hydrogen (secondary N) is 2. The number of carbonyl (C=O) groups is 1. The van der Waals surface area contributed by atoms with Crippen LogP contribution in [0.3, 0.4) is 0 Å². The van der Waals surface area contributed by atoms with Gasteiger partial charge in [-0.3, -0.25) is 0 Å². The predicted molar refractivity (Wildman–Crippen MR) is 87.3 cm³/mol. The molecule has 4 rings (SSSR count). The van der Waals surface area contributed by atoms with E-state index in [4.69, 9.17) is 5.11 Å². The van der Waals surface area contributed by atoms with Gasteiger partial charge in [0.15, 0.2) is 0 Å². The predicted octanol–water partition coefficient (Wildman–Crippen LogP) is 4.07. The lowest BCUT2D eigenvalue weighted by Gasteiger charge is -2.29. The minimum Gasteiger partial charge on any atom is -0.478 e. The third-order valence-corrected chi connectivity index (χ3v) is 4.00. The summed E-state index contributed by atoms with van der Waals surface area (Å²) in [7, 11) is 0. The summed E-state index contributed by atoms with van der Waals surface area (Å²) >= 11 is 0. The van der Waals surface area contributed by atoms with Gasteiger partial charge in [-0.15, -0.1) is 0 Å². The van der Waals surface area contributed by atoms with Crippen LogP contribution in [-0.2, 0) is 0 Å². The summed E-state index contributed by atoms with van der Waals surface area (Å²) in [6, 6.07) is 19.3. The molecule has 0 bridgehead atoms. The van der Waals surface area contributed by atoms with Crippen molar-refractivity contribution in [2.45, 2.75) is 6.17 Å². The number of hydrogen-bond acceptors (Lipinski definition) is 3. The van der Waals surface area contributed by atoms with Crippen molar-refractivity contribution in [2.24, 2.45) is 0 Å². The molecule has 4 heteroatoms. The highest BCUT2D eigenvalue weighted by Gasteiger charge is 2.20. The number of hydrogen-bond donors (Lipinski definition) is 3. The van der Waals surface area contributed by atoms with Crippen LogP contribution in [0.5, 0.6) is 0 Å². The molecule has 0 amide bonds. The van der Waals surface area contributed by atoms with Gasteiger partial charge in [0.2, 0.25) is 0 Å². The molecule has 108 valence electrons. The van der Waals surface area contributed by atoms with Gasteiger partial charge in [-0.05, 0) is 35.2 Å². The van der Waals surface area contributed by atoms with Gasteiger partial charge in [0, 0.05) is 16.8 Å². The summed E-state index contributed by atoms with van der Waals surface area (Å²) in [4.78, 5) is 10.9. The molecule has 1 aliphatic heterocycles. The first kappa shape index (κ1) is 12.7. The highest BCUT2D eigenvalue weighted by molar-refractivity contribution is 6.04. The van der Waals surface area contributed by atoms with Crippen LogP contribution >= 0.6 is 0 Å². The highest BCUT2D eigenvalue weighted by Crippen LogP contribution is 2.38. The van der Waals surface area contributed by atoms with Crippen molar-refractivity contribution < 1.29 is 9.90 Å². The monoisotopic (exact) mass is 290 g/mol. The van der Waals surface area contributed by atoms with Gasteiger partial charge < -0.3 is 15.7 Å². The molecule has 1 aliphatic rings. The maximum atomic E-state index is 10.9. The van der Waals surface area contributed by atoms with Crippen molar-refractivity contribution in [3.8, 4) is 0 Å². The number of carboxylic acid groups (broad SMARTS) is 1. The third-order valence-electron chi connectivity index (χ3n) is 4.00. The molecule has 0 fully saturated rings. The lowest BCUT2D eigenvalue weighted by molar-refractivity contribution is 0.0697. The summed E-state index contributed by atoms with van der Waals surface area (Å²) in [5, 5.41) is 18.3. The average Bonchev–Trinajstić information content (AvgIpc) is 2.55. The van der Waals surface area contributed by atoms with Crippen molar-refractivity contribution in [2.75, 3.05) is 10.6 Å². The van der Waals surface area contributed by atoms with Crippen molar-refractivity contribution in [3.63, 3.8) is 0 Å². The second kappa shape index (κ2) is 4.77. The molecule has 0 aromatic heterocycles. The van der Waals surface area contributed by atoms with Gasteiger partial charge in [0.1, 0.15) is 6.17 Å². The first-order valence-electron chi connectivity index (χ1n) is 7.10.